The van der Waals surface area contributed by atoms with Crippen molar-refractivity contribution >= 4 is 5.78 Å². The Kier molecular flexibility index (Phi) is 2.86. The van der Waals surface area contributed by atoms with Gasteiger partial charge in [0.15, 0.2) is 0 Å². The molecule has 1 aliphatic rings. The molecule has 11 heavy (non-hydrogen) atoms. The topological polar surface area (TPSA) is 17.1 Å². The number of hydrogen-bond donors (Lipinski definition) is 0. The van der Waals surface area contributed by atoms with Crippen molar-refractivity contribution in [1.82, 2.24) is 0 Å². The minimum atomic E-state index is 0.310. The van der Waals surface area contributed by atoms with E-state index in [1.54, 1.807) is 6.92 Å². The van der Waals surface area contributed by atoms with Gasteiger partial charge in [-0.3, -0.25) is 4.79 Å². The minimum absolute atomic E-state index is 0.310. The van der Waals surface area contributed by atoms with E-state index in [1.807, 2.05) is 0 Å². The first-order chi connectivity index (χ1) is 5.25. The standard InChI is InChI=1S/C10H16O/c1-3-9-6-4-5-7-10(9)8(2)11/h4-5,9-10H,3,6-7H2,1-2H3/t9?,10-/m1/s1. The number of carbonyl (C=O) groups is 1. The minimum Gasteiger partial charge on any atom is -0.300 e. The fraction of sp³-hybridized carbons (Fsp3) is 0.700. The molecule has 0 fully saturated rings. The first kappa shape index (κ1) is 8.51. The first-order valence-electron chi connectivity index (χ1n) is 4.41. The summed E-state index contributed by atoms with van der Waals surface area (Å²) in [5.74, 6) is 1.28. The smallest absolute Gasteiger partial charge is 0.133 e. The van der Waals surface area contributed by atoms with Gasteiger partial charge in [0.05, 0.1) is 0 Å². The molecule has 1 rings (SSSR count). The van der Waals surface area contributed by atoms with Gasteiger partial charge < -0.3 is 0 Å². The highest BCUT2D eigenvalue weighted by molar-refractivity contribution is 5.78. The van der Waals surface area contributed by atoms with E-state index in [4.69, 9.17) is 0 Å². The SMILES string of the molecule is CCC1CC=CC[C@@H]1C(C)=O. The van der Waals surface area contributed by atoms with Crippen LogP contribution in [-0.2, 0) is 4.79 Å². The monoisotopic (exact) mass is 152 g/mol. The molecule has 0 bridgehead atoms. The molecule has 0 aliphatic heterocycles. The molecule has 0 saturated heterocycles. The van der Waals surface area contributed by atoms with Gasteiger partial charge >= 0.3 is 0 Å². The molecule has 0 amide bonds. The molecule has 0 aromatic rings. The van der Waals surface area contributed by atoms with Gasteiger partial charge in [0.25, 0.3) is 0 Å². The maximum Gasteiger partial charge on any atom is 0.133 e. The fourth-order valence-corrected chi connectivity index (χ4v) is 1.82. The van der Waals surface area contributed by atoms with Gasteiger partial charge in [-0.25, -0.2) is 0 Å². The van der Waals surface area contributed by atoms with Gasteiger partial charge in [-0.05, 0) is 25.7 Å². The average molecular weight is 152 g/mol. The number of ketones is 1. The predicted octanol–water partition coefficient (Wildman–Crippen LogP) is 2.57. The molecule has 0 spiro atoms. The molecule has 0 aromatic carbocycles. The molecule has 2 atom stereocenters. The summed E-state index contributed by atoms with van der Waals surface area (Å²) in [6.07, 6.45) is 7.54. The van der Waals surface area contributed by atoms with Crippen LogP contribution in [-0.4, -0.2) is 5.78 Å². The number of rotatable bonds is 2. The summed E-state index contributed by atoms with van der Waals surface area (Å²) in [4.78, 5) is 11.1. The Bertz CT molecular complexity index is 170. The second-order valence-electron chi connectivity index (χ2n) is 3.33. The predicted molar refractivity (Wildman–Crippen MR) is 46.3 cm³/mol. The summed E-state index contributed by atoms with van der Waals surface area (Å²) < 4.78 is 0. The van der Waals surface area contributed by atoms with Crippen molar-refractivity contribution in [3.8, 4) is 0 Å². The summed E-state index contributed by atoms with van der Waals surface area (Å²) in [7, 11) is 0. The van der Waals surface area contributed by atoms with Gasteiger partial charge in [-0.1, -0.05) is 25.5 Å². The van der Waals surface area contributed by atoms with Crippen molar-refractivity contribution in [2.45, 2.75) is 33.1 Å². The lowest BCUT2D eigenvalue weighted by atomic mass is 9.79. The van der Waals surface area contributed by atoms with Crippen LogP contribution in [0.4, 0.5) is 0 Å². The van der Waals surface area contributed by atoms with E-state index < -0.39 is 0 Å². The average Bonchev–Trinajstić information content (AvgIpc) is 2.04. The van der Waals surface area contributed by atoms with Crippen LogP contribution in [0.1, 0.15) is 33.1 Å². The van der Waals surface area contributed by atoms with Crippen LogP contribution in [0.5, 0.6) is 0 Å². The first-order valence-corrected chi connectivity index (χ1v) is 4.41. The maximum atomic E-state index is 11.1. The van der Waals surface area contributed by atoms with E-state index in [1.165, 1.54) is 0 Å². The zero-order chi connectivity index (χ0) is 8.27. The van der Waals surface area contributed by atoms with Crippen LogP contribution in [0.25, 0.3) is 0 Å². The molecule has 1 aliphatic carbocycles. The van der Waals surface area contributed by atoms with Crippen molar-refractivity contribution in [1.29, 1.82) is 0 Å². The Morgan fingerprint density at radius 3 is 2.55 bits per heavy atom. The second kappa shape index (κ2) is 3.70. The van der Waals surface area contributed by atoms with E-state index in [0.717, 1.165) is 19.3 Å². The Labute approximate surface area is 68.5 Å². The highest BCUT2D eigenvalue weighted by atomic mass is 16.1. The van der Waals surface area contributed by atoms with Crippen molar-refractivity contribution in [3.05, 3.63) is 12.2 Å². The molecular formula is C10H16O. The van der Waals surface area contributed by atoms with E-state index in [2.05, 4.69) is 19.1 Å². The van der Waals surface area contributed by atoms with E-state index in [0.29, 0.717) is 17.6 Å². The third-order valence-electron chi connectivity index (χ3n) is 2.61. The van der Waals surface area contributed by atoms with Crippen LogP contribution < -0.4 is 0 Å². The summed E-state index contributed by atoms with van der Waals surface area (Å²) in [5, 5.41) is 0. The third-order valence-corrected chi connectivity index (χ3v) is 2.61. The van der Waals surface area contributed by atoms with Crippen molar-refractivity contribution < 1.29 is 4.79 Å². The molecule has 62 valence electrons. The van der Waals surface area contributed by atoms with Crippen LogP contribution in [0.3, 0.4) is 0 Å². The van der Waals surface area contributed by atoms with E-state index in [-0.39, 0.29) is 0 Å². The largest absolute Gasteiger partial charge is 0.300 e. The molecular weight excluding hydrogens is 136 g/mol. The molecule has 1 unspecified atom stereocenters. The van der Waals surface area contributed by atoms with Gasteiger partial charge in [-0.15, -0.1) is 0 Å². The van der Waals surface area contributed by atoms with Crippen LogP contribution >= 0.6 is 0 Å². The summed E-state index contributed by atoms with van der Waals surface area (Å²) in [6, 6.07) is 0. The van der Waals surface area contributed by atoms with E-state index >= 15 is 0 Å². The molecule has 0 saturated carbocycles. The normalized spacial score (nSPS) is 30.4. The van der Waals surface area contributed by atoms with Crippen LogP contribution in [0.2, 0.25) is 0 Å². The highest BCUT2D eigenvalue weighted by Gasteiger charge is 2.23. The zero-order valence-electron chi connectivity index (χ0n) is 7.34. The van der Waals surface area contributed by atoms with Crippen molar-refractivity contribution in [2.24, 2.45) is 11.8 Å². The van der Waals surface area contributed by atoms with Gasteiger partial charge in [-0.2, -0.15) is 0 Å². The van der Waals surface area contributed by atoms with Gasteiger partial charge in [0, 0.05) is 5.92 Å². The third kappa shape index (κ3) is 1.92. The van der Waals surface area contributed by atoms with Crippen molar-refractivity contribution in [2.75, 3.05) is 0 Å². The van der Waals surface area contributed by atoms with Gasteiger partial charge in [0.1, 0.15) is 5.78 Å². The maximum absolute atomic E-state index is 11.1. The Hall–Kier alpha value is -0.590. The molecule has 0 radical (unpaired) electrons. The van der Waals surface area contributed by atoms with Gasteiger partial charge in [0.2, 0.25) is 0 Å². The summed E-state index contributed by atoms with van der Waals surface area (Å²) in [5.41, 5.74) is 0. The molecule has 1 nitrogen and oxygen atoms in total. The highest BCUT2D eigenvalue weighted by Crippen LogP contribution is 2.28. The number of Topliss-reactive ketones (excluding diaryl/α,β-unsaturated/α-hetero) is 1. The van der Waals surface area contributed by atoms with Crippen LogP contribution in [0.15, 0.2) is 12.2 Å². The molecule has 0 N–H and O–H groups in total. The quantitative estimate of drug-likeness (QED) is 0.556. The summed E-state index contributed by atoms with van der Waals surface area (Å²) >= 11 is 0. The summed E-state index contributed by atoms with van der Waals surface area (Å²) in [6.45, 7) is 3.88. The van der Waals surface area contributed by atoms with Crippen LogP contribution in [0, 0.1) is 11.8 Å². The number of allylic oxidation sites excluding steroid dienone is 2. The lowest BCUT2D eigenvalue weighted by Gasteiger charge is -2.24. The molecule has 0 aromatic heterocycles. The van der Waals surface area contributed by atoms with Crippen molar-refractivity contribution in [3.63, 3.8) is 0 Å². The number of hydrogen-bond acceptors (Lipinski definition) is 1. The van der Waals surface area contributed by atoms with E-state index in [9.17, 15) is 4.79 Å². The Balaban J connectivity index is 2.61. The Morgan fingerprint density at radius 1 is 1.45 bits per heavy atom. The second-order valence-corrected chi connectivity index (χ2v) is 3.33. The Morgan fingerprint density at radius 2 is 2.09 bits per heavy atom. The fourth-order valence-electron chi connectivity index (χ4n) is 1.82. The zero-order valence-corrected chi connectivity index (χ0v) is 7.34. The molecule has 0 heterocycles. The molecule has 1 heteroatoms. The lowest BCUT2D eigenvalue weighted by Crippen LogP contribution is -2.22. The number of carbonyl (C=O) groups excluding carboxylic acids is 1. The lowest BCUT2D eigenvalue weighted by molar-refractivity contribution is -0.122.